The summed E-state index contributed by atoms with van der Waals surface area (Å²) in [6.45, 7) is 6.01. The molecule has 0 bridgehead atoms. The summed E-state index contributed by atoms with van der Waals surface area (Å²) in [7, 11) is 0. The number of rotatable bonds is 4. The zero-order chi connectivity index (χ0) is 14.7. The highest BCUT2D eigenvalue weighted by atomic mass is 16.5. The highest BCUT2D eigenvalue weighted by Gasteiger charge is 2.12. The SMILES string of the molecule is Cc1cccc(COC(=O)Cn2nc(C)c(N)c2C)c1. The maximum absolute atomic E-state index is 11.8. The van der Waals surface area contributed by atoms with Crippen LogP contribution in [0, 0.1) is 20.8 Å². The molecule has 2 rings (SSSR count). The van der Waals surface area contributed by atoms with Crippen molar-refractivity contribution in [2.24, 2.45) is 0 Å². The van der Waals surface area contributed by atoms with Crippen LogP contribution in [0.25, 0.3) is 0 Å². The zero-order valence-corrected chi connectivity index (χ0v) is 12.0. The summed E-state index contributed by atoms with van der Waals surface area (Å²) in [5.74, 6) is -0.322. The van der Waals surface area contributed by atoms with Gasteiger partial charge in [-0.05, 0) is 26.3 Å². The Morgan fingerprint density at radius 1 is 1.35 bits per heavy atom. The van der Waals surface area contributed by atoms with Crippen LogP contribution in [0.5, 0.6) is 0 Å². The molecule has 1 aromatic heterocycles. The van der Waals surface area contributed by atoms with Crippen molar-refractivity contribution >= 4 is 11.7 Å². The molecule has 0 aliphatic carbocycles. The third-order valence-electron chi connectivity index (χ3n) is 3.20. The van der Waals surface area contributed by atoms with E-state index >= 15 is 0 Å². The number of anilines is 1. The van der Waals surface area contributed by atoms with Crippen LogP contribution in [0.4, 0.5) is 5.69 Å². The van der Waals surface area contributed by atoms with E-state index in [2.05, 4.69) is 5.10 Å². The third-order valence-corrected chi connectivity index (χ3v) is 3.20. The normalized spacial score (nSPS) is 10.6. The second-order valence-corrected chi connectivity index (χ2v) is 4.89. The van der Waals surface area contributed by atoms with Crippen molar-refractivity contribution in [3.63, 3.8) is 0 Å². The molecule has 1 heterocycles. The quantitative estimate of drug-likeness (QED) is 0.866. The smallest absolute Gasteiger partial charge is 0.328 e. The van der Waals surface area contributed by atoms with Crippen molar-refractivity contribution in [2.75, 3.05) is 5.73 Å². The largest absolute Gasteiger partial charge is 0.459 e. The number of aromatic nitrogens is 2. The molecule has 5 nitrogen and oxygen atoms in total. The average Bonchev–Trinajstić information content (AvgIpc) is 2.64. The van der Waals surface area contributed by atoms with Gasteiger partial charge in [0.15, 0.2) is 0 Å². The fraction of sp³-hybridized carbons (Fsp3) is 0.333. The second kappa shape index (κ2) is 5.77. The van der Waals surface area contributed by atoms with Crippen molar-refractivity contribution in [1.29, 1.82) is 0 Å². The van der Waals surface area contributed by atoms with Gasteiger partial charge in [0.1, 0.15) is 13.2 Å². The Balaban J connectivity index is 1.94. The summed E-state index contributed by atoms with van der Waals surface area (Å²) >= 11 is 0. The molecular formula is C15H19N3O2. The van der Waals surface area contributed by atoms with Crippen molar-refractivity contribution < 1.29 is 9.53 Å². The van der Waals surface area contributed by atoms with Crippen molar-refractivity contribution in [3.8, 4) is 0 Å². The third kappa shape index (κ3) is 3.17. The molecule has 2 aromatic rings. The number of benzene rings is 1. The van der Waals surface area contributed by atoms with Crippen LogP contribution in [0.3, 0.4) is 0 Å². The predicted octanol–water partition coefficient (Wildman–Crippen LogP) is 2.13. The van der Waals surface area contributed by atoms with E-state index in [1.807, 2.05) is 45.0 Å². The summed E-state index contributed by atoms with van der Waals surface area (Å²) in [4.78, 5) is 11.8. The van der Waals surface area contributed by atoms with Gasteiger partial charge in [-0.15, -0.1) is 0 Å². The molecular weight excluding hydrogens is 254 g/mol. The number of nitrogens with two attached hydrogens (primary N) is 1. The van der Waals surface area contributed by atoms with Crippen LogP contribution in [-0.4, -0.2) is 15.7 Å². The van der Waals surface area contributed by atoms with Gasteiger partial charge < -0.3 is 10.5 Å². The molecule has 0 saturated carbocycles. The number of esters is 1. The van der Waals surface area contributed by atoms with E-state index in [0.717, 1.165) is 22.5 Å². The zero-order valence-electron chi connectivity index (χ0n) is 12.0. The fourth-order valence-corrected chi connectivity index (χ4v) is 2.00. The minimum absolute atomic E-state index is 0.0791. The number of nitrogen functional groups attached to an aromatic ring is 1. The van der Waals surface area contributed by atoms with E-state index in [-0.39, 0.29) is 19.1 Å². The highest BCUT2D eigenvalue weighted by Crippen LogP contribution is 2.14. The summed E-state index contributed by atoms with van der Waals surface area (Å²) in [5, 5.41) is 4.21. The van der Waals surface area contributed by atoms with Gasteiger partial charge >= 0.3 is 5.97 Å². The molecule has 0 aliphatic heterocycles. The Bertz CT molecular complexity index is 632. The topological polar surface area (TPSA) is 70.1 Å². The number of ether oxygens (including phenoxy) is 1. The lowest BCUT2D eigenvalue weighted by atomic mass is 10.1. The Labute approximate surface area is 118 Å². The second-order valence-electron chi connectivity index (χ2n) is 4.89. The number of hydrogen-bond acceptors (Lipinski definition) is 4. The van der Waals surface area contributed by atoms with Crippen LogP contribution in [0.2, 0.25) is 0 Å². The maximum Gasteiger partial charge on any atom is 0.328 e. The lowest BCUT2D eigenvalue weighted by Crippen LogP contribution is -2.15. The summed E-state index contributed by atoms with van der Waals surface area (Å²) in [6.07, 6.45) is 0. The van der Waals surface area contributed by atoms with Crippen molar-refractivity contribution in [2.45, 2.75) is 33.9 Å². The molecule has 0 aliphatic rings. The van der Waals surface area contributed by atoms with E-state index in [1.54, 1.807) is 4.68 Å². The number of hydrogen-bond donors (Lipinski definition) is 1. The van der Waals surface area contributed by atoms with Crippen molar-refractivity contribution in [3.05, 3.63) is 46.8 Å². The van der Waals surface area contributed by atoms with Gasteiger partial charge in [0, 0.05) is 0 Å². The van der Waals surface area contributed by atoms with Gasteiger partial charge in [0.2, 0.25) is 0 Å². The molecule has 0 atom stereocenters. The first kappa shape index (κ1) is 14.1. The van der Waals surface area contributed by atoms with Gasteiger partial charge in [0.25, 0.3) is 0 Å². The molecule has 106 valence electrons. The van der Waals surface area contributed by atoms with Gasteiger partial charge in [-0.3, -0.25) is 9.48 Å². The van der Waals surface area contributed by atoms with Crippen LogP contribution in [0.1, 0.15) is 22.5 Å². The van der Waals surface area contributed by atoms with Crippen LogP contribution in [-0.2, 0) is 22.7 Å². The number of carbonyl (C=O) groups is 1. The first-order valence-electron chi connectivity index (χ1n) is 6.48. The molecule has 1 aromatic carbocycles. The monoisotopic (exact) mass is 273 g/mol. The van der Waals surface area contributed by atoms with Crippen LogP contribution < -0.4 is 5.73 Å². The van der Waals surface area contributed by atoms with Gasteiger partial charge in [0.05, 0.1) is 17.1 Å². The molecule has 0 spiro atoms. The molecule has 5 heteroatoms. The van der Waals surface area contributed by atoms with Gasteiger partial charge in [-0.25, -0.2) is 0 Å². The number of carbonyl (C=O) groups excluding carboxylic acids is 1. The first-order valence-corrected chi connectivity index (χ1v) is 6.48. The number of nitrogens with zero attached hydrogens (tertiary/aromatic N) is 2. The molecule has 0 amide bonds. The van der Waals surface area contributed by atoms with E-state index < -0.39 is 0 Å². The fourth-order valence-electron chi connectivity index (χ4n) is 2.00. The van der Waals surface area contributed by atoms with Crippen LogP contribution in [0.15, 0.2) is 24.3 Å². The minimum atomic E-state index is -0.322. The Hall–Kier alpha value is -2.30. The number of aryl methyl sites for hydroxylation is 2. The van der Waals surface area contributed by atoms with Gasteiger partial charge in [-0.1, -0.05) is 29.8 Å². The van der Waals surface area contributed by atoms with E-state index in [0.29, 0.717) is 5.69 Å². The first-order chi connectivity index (χ1) is 9.47. The molecule has 20 heavy (non-hydrogen) atoms. The maximum atomic E-state index is 11.8. The van der Waals surface area contributed by atoms with E-state index in [9.17, 15) is 4.79 Å². The summed E-state index contributed by atoms with van der Waals surface area (Å²) in [6, 6.07) is 7.88. The Kier molecular flexibility index (Phi) is 4.08. The lowest BCUT2D eigenvalue weighted by Gasteiger charge is -2.07. The van der Waals surface area contributed by atoms with E-state index in [4.69, 9.17) is 10.5 Å². The predicted molar refractivity (Wildman–Crippen MR) is 77.1 cm³/mol. The summed E-state index contributed by atoms with van der Waals surface area (Å²) < 4.78 is 6.82. The molecule has 2 N–H and O–H groups in total. The van der Waals surface area contributed by atoms with Gasteiger partial charge in [-0.2, -0.15) is 5.10 Å². The highest BCUT2D eigenvalue weighted by molar-refractivity contribution is 5.69. The van der Waals surface area contributed by atoms with E-state index in [1.165, 1.54) is 0 Å². The molecule has 0 saturated heterocycles. The summed E-state index contributed by atoms with van der Waals surface area (Å²) in [5.41, 5.74) is 10.1. The standard InChI is InChI=1S/C15H19N3O2/c1-10-5-4-6-13(7-10)9-20-14(19)8-18-12(3)15(16)11(2)17-18/h4-7H,8-9,16H2,1-3H3. The molecule has 0 unspecified atom stereocenters. The minimum Gasteiger partial charge on any atom is -0.459 e. The molecule has 0 fully saturated rings. The Morgan fingerprint density at radius 3 is 2.70 bits per heavy atom. The van der Waals surface area contributed by atoms with Crippen LogP contribution >= 0.6 is 0 Å². The average molecular weight is 273 g/mol. The molecule has 0 radical (unpaired) electrons. The Morgan fingerprint density at radius 2 is 2.10 bits per heavy atom. The lowest BCUT2D eigenvalue weighted by molar-refractivity contribution is -0.145. The van der Waals surface area contributed by atoms with Crippen molar-refractivity contribution in [1.82, 2.24) is 9.78 Å².